The average molecular weight is 1350 g/mol. The van der Waals surface area contributed by atoms with Crippen LogP contribution in [0.4, 0.5) is 0 Å². The number of rotatable bonds is 42. The number of thioether (sulfide) groups is 1. The molecule has 33 nitrogen and oxygen atoms in total. The van der Waals surface area contributed by atoms with Crippen molar-refractivity contribution in [2.75, 3.05) is 12.0 Å². The van der Waals surface area contributed by atoms with Gasteiger partial charge in [0.05, 0.1) is 25.0 Å². The fourth-order valence-electron chi connectivity index (χ4n) is 9.53. The molecule has 0 bridgehead atoms. The van der Waals surface area contributed by atoms with E-state index < -0.39 is 199 Å². The van der Waals surface area contributed by atoms with Gasteiger partial charge in [0.15, 0.2) is 6.04 Å². The van der Waals surface area contributed by atoms with Crippen LogP contribution in [-0.4, -0.2) is 194 Å². The minimum absolute atomic E-state index is 0.0736. The predicted octanol–water partition coefficient (Wildman–Crippen LogP) is -4.05. The Hall–Kier alpha value is -9.70. The fraction of sp³-hybridized carbons (Fsp3) is 0.525. The van der Waals surface area contributed by atoms with Crippen LogP contribution >= 0.6 is 11.8 Å². The van der Waals surface area contributed by atoms with Crippen molar-refractivity contribution in [1.82, 2.24) is 58.2 Å². The number of aliphatic carboxylic acids is 2. The van der Waals surface area contributed by atoms with Crippen molar-refractivity contribution in [2.45, 2.75) is 178 Å². The van der Waals surface area contributed by atoms with Gasteiger partial charge in [-0.15, -0.1) is 0 Å². The molecule has 0 saturated heterocycles. The third kappa shape index (κ3) is 27.4. The molecule has 0 unspecified atom stereocenters. The lowest BCUT2D eigenvalue weighted by molar-refractivity contribution is -0.145. The Labute approximate surface area is 551 Å². The number of carboxylic acids is 2. The molecule has 34 heteroatoms. The Morgan fingerprint density at radius 2 is 0.895 bits per heavy atom. The van der Waals surface area contributed by atoms with Crippen LogP contribution in [0, 0.1) is 11.8 Å². The number of aromatic amines is 1. The standard InChI is InChI=1S/C61H89N15O18S/c1-29(2)23-40(55(87)68-39(21-22-95-7)54(86)73-43(26-47(65)80)59(91)76-50(32(6)77)61(93)94)70-56(88)42(25-34-28-66-36-16-12-11-15-35(34)36)72-53(85)38(18-20-46(64)79)69-60(92)49(30(3)4)75-58(90)41(24-33-13-9-8-10-14-33)71-57(89)44(27-48(81)82)74-52(84)37(17-19-45(63)78)67-51(83)31(5)62/h8-16,28-32,37-44,49-50,66,77H,17-27,62H2,1-7H3,(H2,63,78)(H2,64,79)(H2,65,80)(H,67,83)(H,68,87)(H,69,92)(H,70,88)(H,71,89)(H,72,85)(H,73,86)(H,74,84)(H,75,90)(H,76,91)(H,81,82)(H,93,94)/t31-,32-,37-,38-,39+,40+,41-,42-,43+,44-,49-,50+/m1/s1. The summed E-state index contributed by atoms with van der Waals surface area (Å²) < 4.78 is 0. The highest BCUT2D eigenvalue weighted by atomic mass is 32.2. The first-order chi connectivity index (χ1) is 44.6. The maximum atomic E-state index is 14.9. The van der Waals surface area contributed by atoms with Crippen LogP contribution in [-0.2, 0) is 84.8 Å². The predicted molar refractivity (Wildman–Crippen MR) is 345 cm³/mol. The van der Waals surface area contributed by atoms with Crippen LogP contribution < -0.4 is 76.1 Å². The number of aromatic nitrogens is 1. The van der Waals surface area contributed by atoms with Gasteiger partial charge in [-0.05, 0) is 80.6 Å². The van der Waals surface area contributed by atoms with E-state index in [1.807, 2.05) is 0 Å². The summed E-state index contributed by atoms with van der Waals surface area (Å²) in [7, 11) is 0. The summed E-state index contributed by atoms with van der Waals surface area (Å²) in [6.07, 6.45) is -2.71. The Morgan fingerprint density at radius 1 is 0.474 bits per heavy atom. The number of fused-ring (bicyclic) bond motifs is 1. The summed E-state index contributed by atoms with van der Waals surface area (Å²) in [6, 6.07) is -2.52. The number of H-pyrrole nitrogens is 1. The van der Waals surface area contributed by atoms with E-state index in [-0.39, 0.29) is 43.8 Å². The molecule has 0 spiro atoms. The van der Waals surface area contributed by atoms with Crippen LogP contribution in [0.15, 0.2) is 60.8 Å². The number of hydrogen-bond donors (Lipinski definition) is 18. The summed E-state index contributed by atoms with van der Waals surface area (Å²) in [5, 5.41) is 54.4. The molecule has 22 N–H and O–H groups in total. The first-order valence-electron chi connectivity index (χ1n) is 30.5. The lowest BCUT2D eigenvalue weighted by Crippen LogP contribution is -2.62. The maximum absolute atomic E-state index is 14.9. The van der Waals surface area contributed by atoms with Crippen LogP contribution in [0.2, 0.25) is 0 Å². The summed E-state index contributed by atoms with van der Waals surface area (Å²) in [6.45, 7) is 8.88. The van der Waals surface area contributed by atoms with Gasteiger partial charge in [0, 0.05) is 42.8 Å². The van der Waals surface area contributed by atoms with Gasteiger partial charge >= 0.3 is 11.9 Å². The molecule has 1 aromatic heterocycles. The zero-order valence-electron chi connectivity index (χ0n) is 53.8. The lowest BCUT2D eigenvalue weighted by atomic mass is 9.99. The molecule has 0 aliphatic rings. The van der Waals surface area contributed by atoms with E-state index in [1.54, 1.807) is 80.9 Å². The highest BCUT2D eigenvalue weighted by Crippen LogP contribution is 2.20. The number of nitrogens with two attached hydrogens (primary N) is 4. The molecule has 3 rings (SSSR count). The molecule has 0 aliphatic heterocycles. The smallest absolute Gasteiger partial charge is 0.328 e. The number of aliphatic hydroxyl groups is 1. The van der Waals surface area contributed by atoms with Crippen LogP contribution in [0.25, 0.3) is 10.9 Å². The molecule has 0 saturated carbocycles. The number of benzene rings is 2. The summed E-state index contributed by atoms with van der Waals surface area (Å²) >= 11 is 1.27. The molecule has 0 fully saturated rings. The second kappa shape index (κ2) is 39.1. The Balaban J connectivity index is 2.04. The normalized spacial score (nSPS) is 15.0. The van der Waals surface area contributed by atoms with Gasteiger partial charge in [-0.3, -0.25) is 67.1 Å². The molecule has 522 valence electrons. The van der Waals surface area contributed by atoms with Gasteiger partial charge in [-0.2, -0.15) is 11.8 Å². The van der Waals surface area contributed by atoms with Crippen molar-refractivity contribution in [3.63, 3.8) is 0 Å². The number of para-hydroxylation sites is 1. The molecular formula is C61H89N15O18S. The maximum Gasteiger partial charge on any atom is 0.328 e. The van der Waals surface area contributed by atoms with E-state index in [4.69, 9.17) is 22.9 Å². The summed E-state index contributed by atoms with van der Waals surface area (Å²) in [4.78, 5) is 204. The van der Waals surface area contributed by atoms with E-state index in [0.717, 1.165) is 6.92 Å². The van der Waals surface area contributed by atoms with Crippen molar-refractivity contribution in [3.8, 4) is 0 Å². The Morgan fingerprint density at radius 3 is 1.39 bits per heavy atom. The molecule has 0 radical (unpaired) electrons. The molecule has 2 aromatic carbocycles. The number of primary amides is 3. The van der Waals surface area contributed by atoms with Crippen molar-refractivity contribution >= 4 is 111 Å². The Bertz CT molecular complexity index is 3220. The molecule has 13 amide bonds. The first kappa shape index (κ1) is 79.5. The van der Waals surface area contributed by atoms with Crippen molar-refractivity contribution in [2.24, 2.45) is 34.8 Å². The van der Waals surface area contributed by atoms with Gasteiger partial charge in [0.25, 0.3) is 0 Å². The molecule has 0 aliphatic carbocycles. The first-order valence-corrected chi connectivity index (χ1v) is 31.9. The molecule has 3 aromatic rings. The van der Waals surface area contributed by atoms with E-state index in [2.05, 4.69) is 58.2 Å². The summed E-state index contributed by atoms with van der Waals surface area (Å²) in [5.74, 6) is -17.3. The summed E-state index contributed by atoms with van der Waals surface area (Å²) in [5.41, 5.74) is 23.4. The lowest BCUT2D eigenvalue weighted by Gasteiger charge is -2.29. The molecule has 12 atom stereocenters. The number of amides is 13. The minimum atomic E-state index is -1.91. The van der Waals surface area contributed by atoms with E-state index in [9.17, 15) is 87.2 Å². The van der Waals surface area contributed by atoms with Gasteiger partial charge in [0.1, 0.15) is 54.4 Å². The average Bonchev–Trinajstić information content (AvgIpc) is 1.74. The van der Waals surface area contributed by atoms with Crippen LogP contribution in [0.3, 0.4) is 0 Å². The zero-order chi connectivity index (χ0) is 71.4. The number of aliphatic hydroxyl groups excluding tert-OH is 1. The number of carbonyl (C=O) groups is 15. The number of carbonyl (C=O) groups excluding carboxylic acids is 13. The van der Waals surface area contributed by atoms with Gasteiger partial charge in [0.2, 0.25) is 76.8 Å². The van der Waals surface area contributed by atoms with E-state index in [0.29, 0.717) is 22.0 Å². The van der Waals surface area contributed by atoms with Gasteiger partial charge in [-0.1, -0.05) is 76.2 Å². The topological polar surface area (TPSA) is 557 Å². The van der Waals surface area contributed by atoms with Crippen LogP contribution in [0.5, 0.6) is 0 Å². The number of hydrogen-bond acceptors (Lipinski definition) is 18. The van der Waals surface area contributed by atoms with E-state index in [1.165, 1.54) is 32.5 Å². The second-order valence-electron chi connectivity index (χ2n) is 23.5. The molecule has 1 heterocycles. The monoisotopic (exact) mass is 1350 g/mol. The van der Waals surface area contributed by atoms with Crippen molar-refractivity contribution < 1.29 is 87.2 Å². The fourth-order valence-corrected chi connectivity index (χ4v) is 10.0. The largest absolute Gasteiger partial charge is 0.481 e. The van der Waals surface area contributed by atoms with Gasteiger partial charge in [-0.25, -0.2) is 4.79 Å². The minimum Gasteiger partial charge on any atom is -0.481 e. The van der Waals surface area contributed by atoms with E-state index >= 15 is 0 Å². The second-order valence-corrected chi connectivity index (χ2v) is 24.5. The van der Waals surface area contributed by atoms with Crippen LogP contribution in [0.1, 0.15) is 104 Å². The zero-order valence-corrected chi connectivity index (χ0v) is 54.6. The molecular weight excluding hydrogens is 1260 g/mol. The third-order valence-electron chi connectivity index (χ3n) is 14.6. The Kier molecular flexibility index (Phi) is 32.7. The number of nitrogens with one attached hydrogen (secondary N) is 11. The highest BCUT2D eigenvalue weighted by molar-refractivity contribution is 7.98. The molecule has 95 heavy (non-hydrogen) atoms. The van der Waals surface area contributed by atoms with Gasteiger partial charge < -0.3 is 96.4 Å². The number of carboxylic acid groups (broad SMARTS) is 2. The van der Waals surface area contributed by atoms with Crippen molar-refractivity contribution in [1.29, 1.82) is 0 Å². The van der Waals surface area contributed by atoms with Crippen molar-refractivity contribution in [3.05, 3.63) is 71.9 Å². The SMILES string of the molecule is CSCC[C@H](NC(=O)[C@H](CC(C)C)NC(=O)[C@@H](Cc1c[nH]c2ccccc12)NC(=O)[C@@H](CCC(N)=O)NC(=O)[C@H](NC(=O)[C@@H](Cc1ccccc1)NC(=O)[C@@H](CC(=O)O)NC(=O)[C@@H](CCC(N)=O)NC(=O)[C@@H](C)N)C(C)C)C(=O)N[C@@H](CC(N)=O)C(=O)N[C@H](C(=O)O)[C@@H](C)O. The quantitative estimate of drug-likeness (QED) is 0.0257. The highest BCUT2D eigenvalue weighted by Gasteiger charge is 2.38. The third-order valence-corrected chi connectivity index (χ3v) is 15.3.